The summed E-state index contributed by atoms with van der Waals surface area (Å²) in [6.07, 6.45) is 1.64. The van der Waals surface area contributed by atoms with Gasteiger partial charge in [-0.3, -0.25) is 9.59 Å². The monoisotopic (exact) mass is 316 g/mol. The molecule has 124 valence electrons. The van der Waals surface area contributed by atoms with Crippen molar-refractivity contribution in [2.45, 2.75) is 45.4 Å². The molecule has 2 heterocycles. The van der Waals surface area contributed by atoms with Gasteiger partial charge in [0.2, 0.25) is 5.91 Å². The summed E-state index contributed by atoms with van der Waals surface area (Å²) >= 11 is 0. The van der Waals surface area contributed by atoms with Gasteiger partial charge in [0.1, 0.15) is 0 Å². The number of ether oxygens (including phenoxy) is 1. The number of hydrogen-bond acceptors (Lipinski definition) is 3. The summed E-state index contributed by atoms with van der Waals surface area (Å²) in [4.78, 5) is 28.3. The van der Waals surface area contributed by atoms with Crippen molar-refractivity contribution in [3.05, 3.63) is 35.4 Å². The maximum atomic E-state index is 12.8. The Kier molecular flexibility index (Phi) is 4.66. The predicted octanol–water partition coefficient (Wildman–Crippen LogP) is 2.06. The second-order valence-corrected chi connectivity index (χ2v) is 6.57. The Bertz CT molecular complexity index is 602. The number of nitrogens with zero attached hydrogens (tertiary/aromatic N) is 2. The zero-order valence-corrected chi connectivity index (χ0v) is 13.8. The zero-order valence-electron chi connectivity index (χ0n) is 13.8. The highest BCUT2D eigenvalue weighted by atomic mass is 16.5. The summed E-state index contributed by atoms with van der Waals surface area (Å²) in [6.45, 7) is 6.60. The first-order valence-corrected chi connectivity index (χ1v) is 8.34. The van der Waals surface area contributed by atoms with Gasteiger partial charge in [-0.1, -0.05) is 12.1 Å². The van der Waals surface area contributed by atoms with Crippen LogP contribution >= 0.6 is 0 Å². The molecule has 0 spiro atoms. The van der Waals surface area contributed by atoms with Crippen molar-refractivity contribution in [1.29, 1.82) is 0 Å². The molecule has 0 saturated carbocycles. The van der Waals surface area contributed by atoms with Crippen molar-refractivity contribution < 1.29 is 14.3 Å². The van der Waals surface area contributed by atoms with Gasteiger partial charge in [-0.2, -0.15) is 0 Å². The molecule has 5 heteroatoms. The number of carbonyl (C=O) groups is 2. The molecule has 23 heavy (non-hydrogen) atoms. The number of amides is 2. The van der Waals surface area contributed by atoms with Crippen molar-refractivity contribution >= 4 is 11.8 Å². The molecule has 2 amide bonds. The van der Waals surface area contributed by atoms with Crippen LogP contribution in [-0.2, 0) is 16.1 Å². The van der Waals surface area contributed by atoms with Gasteiger partial charge in [0.15, 0.2) is 0 Å². The molecule has 2 aliphatic heterocycles. The fourth-order valence-corrected chi connectivity index (χ4v) is 3.25. The van der Waals surface area contributed by atoms with Crippen LogP contribution in [0.3, 0.4) is 0 Å². The molecule has 0 aliphatic carbocycles. The van der Waals surface area contributed by atoms with Gasteiger partial charge in [0.25, 0.3) is 5.91 Å². The van der Waals surface area contributed by atoms with E-state index in [0.29, 0.717) is 31.7 Å². The summed E-state index contributed by atoms with van der Waals surface area (Å²) < 4.78 is 5.59. The highest BCUT2D eigenvalue weighted by molar-refractivity contribution is 5.94. The van der Waals surface area contributed by atoms with E-state index in [2.05, 4.69) is 0 Å². The first kappa shape index (κ1) is 16.0. The topological polar surface area (TPSA) is 49.9 Å². The fourth-order valence-electron chi connectivity index (χ4n) is 3.25. The summed E-state index contributed by atoms with van der Waals surface area (Å²) in [5.74, 6) is 0.250. The van der Waals surface area contributed by atoms with Crippen molar-refractivity contribution in [3.8, 4) is 0 Å². The van der Waals surface area contributed by atoms with Crippen LogP contribution < -0.4 is 0 Å². The minimum absolute atomic E-state index is 0.0437. The van der Waals surface area contributed by atoms with Gasteiger partial charge in [-0.25, -0.2) is 0 Å². The molecular formula is C18H24N2O3. The van der Waals surface area contributed by atoms with Gasteiger partial charge < -0.3 is 14.5 Å². The molecular weight excluding hydrogens is 292 g/mol. The van der Waals surface area contributed by atoms with Crippen molar-refractivity contribution in [2.75, 3.05) is 19.7 Å². The Hall–Kier alpha value is -1.88. The van der Waals surface area contributed by atoms with E-state index in [9.17, 15) is 9.59 Å². The Labute approximate surface area is 137 Å². The molecule has 0 bridgehead atoms. The average molecular weight is 316 g/mol. The largest absolute Gasteiger partial charge is 0.375 e. The Balaban J connectivity index is 1.73. The first-order chi connectivity index (χ1) is 11.0. The maximum Gasteiger partial charge on any atom is 0.254 e. The maximum absolute atomic E-state index is 12.8. The molecule has 3 rings (SSSR count). The summed E-state index contributed by atoms with van der Waals surface area (Å²) in [6, 6.07) is 7.74. The predicted molar refractivity (Wildman–Crippen MR) is 87.0 cm³/mol. The van der Waals surface area contributed by atoms with Crippen LogP contribution in [0.25, 0.3) is 0 Å². The highest BCUT2D eigenvalue weighted by Crippen LogP contribution is 2.18. The Morgan fingerprint density at radius 1 is 1.35 bits per heavy atom. The Morgan fingerprint density at radius 2 is 2.17 bits per heavy atom. The van der Waals surface area contributed by atoms with Gasteiger partial charge in [-0.05, 0) is 38.0 Å². The highest BCUT2D eigenvalue weighted by Gasteiger charge is 2.28. The van der Waals surface area contributed by atoms with Crippen LogP contribution in [0.2, 0.25) is 0 Å². The third-order valence-electron chi connectivity index (χ3n) is 4.59. The van der Waals surface area contributed by atoms with Crippen LogP contribution in [0.15, 0.2) is 24.3 Å². The molecule has 2 atom stereocenters. The number of carbonyl (C=O) groups excluding carboxylic acids is 2. The summed E-state index contributed by atoms with van der Waals surface area (Å²) in [5, 5.41) is 0. The lowest BCUT2D eigenvalue weighted by Gasteiger charge is -2.37. The number of rotatable bonds is 3. The number of hydrogen-bond donors (Lipinski definition) is 0. The van der Waals surface area contributed by atoms with Gasteiger partial charge in [0, 0.05) is 31.6 Å². The van der Waals surface area contributed by atoms with Gasteiger partial charge in [-0.15, -0.1) is 0 Å². The van der Waals surface area contributed by atoms with E-state index in [1.807, 2.05) is 47.9 Å². The van der Waals surface area contributed by atoms with E-state index >= 15 is 0 Å². The van der Waals surface area contributed by atoms with E-state index < -0.39 is 0 Å². The summed E-state index contributed by atoms with van der Waals surface area (Å²) in [5.41, 5.74) is 1.70. The first-order valence-electron chi connectivity index (χ1n) is 8.34. The van der Waals surface area contributed by atoms with E-state index in [1.165, 1.54) is 0 Å². The molecule has 0 N–H and O–H groups in total. The minimum atomic E-state index is 0.0437. The van der Waals surface area contributed by atoms with E-state index in [0.717, 1.165) is 18.5 Å². The van der Waals surface area contributed by atoms with Crippen molar-refractivity contribution in [2.24, 2.45) is 0 Å². The second-order valence-electron chi connectivity index (χ2n) is 6.57. The standard InChI is InChI=1S/C18H24N2O3/c1-13-12-23-14(2)10-20(13)18(22)16-6-3-5-15(9-16)11-19-8-4-7-17(19)21/h3,5-6,9,13-14H,4,7-8,10-12H2,1-2H3. The molecule has 2 saturated heterocycles. The van der Waals surface area contributed by atoms with E-state index in [-0.39, 0.29) is 24.0 Å². The normalized spacial score (nSPS) is 25.0. The van der Waals surface area contributed by atoms with E-state index in [1.54, 1.807) is 0 Å². The van der Waals surface area contributed by atoms with Crippen LogP contribution in [0, 0.1) is 0 Å². The molecule has 5 nitrogen and oxygen atoms in total. The molecule has 1 aromatic carbocycles. The van der Waals surface area contributed by atoms with Crippen molar-refractivity contribution in [3.63, 3.8) is 0 Å². The number of benzene rings is 1. The minimum Gasteiger partial charge on any atom is -0.375 e. The smallest absolute Gasteiger partial charge is 0.254 e. The lowest BCUT2D eigenvalue weighted by atomic mass is 10.1. The quantitative estimate of drug-likeness (QED) is 0.857. The molecule has 2 aliphatic rings. The van der Waals surface area contributed by atoms with Crippen LogP contribution in [0.4, 0.5) is 0 Å². The van der Waals surface area contributed by atoms with Crippen molar-refractivity contribution in [1.82, 2.24) is 9.80 Å². The lowest BCUT2D eigenvalue weighted by molar-refractivity contribution is -0.128. The molecule has 0 radical (unpaired) electrons. The second kappa shape index (κ2) is 6.71. The fraction of sp³-hybridized carbons (Fsp3) is 0.556. The number of likely N-dealkylation sites (tertiary alicyclic amines) is 1. The number of morpholine rings is 1. The van der Waals surface area contributed by atoms with Crippen LogP contribution in [0.1, 0.15) is 42.6 Å². The van der Waals surface area contributed by atoms with E-state index in [4.69, 9.17) is 4.74 Å². The summed E-state index contributed by atoms with van der Waals surface area (Å²) in [7, 11) is 0. The third kappa shape index (κ3) is 3.55. The molecule has 0 aromatic heterocycles. The van der Waals surface area contributed by atoms with Gasteiger partial charge >= 0.3 is 0 Å². The Morgan fingerprint density at radius 3 is 2.91 bits per heavy atom. The third-order valence-corrected chi connectivity index (χ3v) is 4.59. The molecule has 2 unspecified atom stereocenters. The van der Waals surface area contributed by atoms with Crippen LogP contribution in [0.5, 0.6) is 0 Å². The molecule has 2 fully saturated rings. The SMILES string of the molecule is CC1CN(C(=O)c2cccc(CN3CCCC3=O)c2)C(C)CO1. The van der Waals surface area contributed by atoms with Gasteiger partial charge in [0.05, 0.1) is 18.8 Å². The van der Waals surface area contributed by atoms with Crippen LogP contribution in [-0.4, -0.2) is 53.5 Å². The lowest BCUT2D eigenvalue weighted by Crippen LogP contribution is -2.50. The zero-order chi connectivity index (χ0) is 16.4. The molecule has 1 aromatic rings. The average Bonchev–Trinajstić information content (AvgIpc) is 2.94.